The predicted octanol–water partition coefficient (Wildman–Crippen LogP) is 4.26. The van der Waals surface area contributed by atoms with Gasteiger partial charge in [-0.3, -0.25) is 14.5 Å². The van der Waals surface area contributed by atoms with Crippen LogP contribution >= 0.6 is 0 Å². The molecule has 4 rings (SSSR count). The summed E-state index contributed by atoms with van der Waals surface area (Å²) in [6, 6.07) is 10.2. The fourth-order valence-electron chi connectivity index (χ4n) is 4.71. The van der Waals surface area contributed by atoms with E-state index in [4.69, 9.17) is 0 Å². The Hall–Kier alpha value is -3.66. The Morgan fingerprint density at radius 1 is 1.03 bits per heavy atom. The largest absolute Gasteiger partial charge is 0.357 e. The van der Waals surface area contributed by atoms with Gasteiger partial charge in [0, 0.05) is 39.3 Å². The first kappa shape index (κ1) is 27.4. The molecule has 2 amide bonds. The average Bonchev–Trinajstić information content (AvgIpc) is 3.08. The number of aromatic nitrogens is 2. The van der Waals surface area contributed by atoms with E-state index in [-0.39, 0.29) is 23.0 Å². The van der Waals surface area contributed by atoms with Crippen molar-refractivity contribution < 1.29 is 22.8 Å². The first-order chi connectivity index (χ1) is 18.0. The van der Waals surface area contributed by atoms with Gasteiger partial charge < -0.3 is 15.2 Å². The molecule has 0 aliphatic carbocycles. The van der Waals surface area contributed by atoms with Gasteiger partial charge in [0.25, 0.3) is 5.91 Å². The molecule has 1 unspecified atom stereocenters. The molecule has 38 heavy (non-hydrogen) atoms. The van der Waals surface area contributed by atoms with Crippen LogP contribution in [0, 0.1) is 22.9 Å². The maximum absolute atomic E-state index is 14.9. The lowest BCUT2D eigenvalue weighted by atomic mass is 9.86. The number of carbonyl (C=O) groups excluding carboxylic acids is 2. The van der Waals surface area contributed by atoms with Crippen molar-refractivity contribution in [1.82, 2.24) is 25.1 Å². The zero-order valence-corrected chi connectivity index (χ0v) is 21.9. The van der Waals surface area contributed by atoms with Crippen LogP contribution < -0.4 is 10.6 Å². The number of fused-ring (bicyclic) bond motifs is 1. The van der Waals surface area contributed by atoms with Gasteiger partial charge in [-0.1, -0.05) is 51.1 Å². The van der Waals surface area contributed by atoms with Gasteiger partial charge >= 0.3 is 0 Å². The highest BCUT2D eigenvalue weighted by Gasteiger charge is 2.35. The lowest BCUT2D eigenvalue weighted by molar-refractivity contribution is -0.124. The number of carbonyl (C=O) groups is 2. The van der Waals surface area contributed by atoms with Crippen LogP contribution in [0.5, 0.6) is 0 Å². The van der Waals surface area contributed by atoms with Crippen LogP contribution in [0.1, 0.15) is 48.9 Å². The number of nitrogens with zero attached hydrogens (tertiary/aromatic N) is 3. The van der Waals surface area contributed by atoms with Crippen molar-refractivity contribution >= 4 is 11.8 Å². The van der Waals surface area contributed by atoms with Crippen LogP contribution in [0.4, 0.5) is 13.2 Å². The minimum absolute atomic E-state index is 0.0160. The zero-order chi connectivity index (χ0) is 27.6. The summed E-state index contributed by atoms with van der Waals surface area (Å²) in [4.78, 5) is 32.8. The summed E-state index contributed by atoms with van der Waals surface area (Å²) in [7, 11) is 1.49. The van der Waals surface area contributed by atoms with E-state index in [2.05, 4.69) is 20.5 Å². The molecular formula is C28H32F3N5O2. The topological polar surface area (TPSA) is 79.3 Å². The molecule has 2 heterocycles. The second-order valence-electron chi connectivity index (χ2n) is 10.6. The first-order valence-electron chi connectivity index (χ1n) is 12.5. The molecule has 0 spiro atoms. The molecule has 0 radical (unpaired) electrons. The molecule has 202 valence electrons. The molecule has 1 aliphatic heterocycles. The molecule has 1 aromatic heterocycles. The SMILES string of the molecule is CNC(=O)C(NC(=O)c1nc(-c2cc(F)c(F)cc2F)n2c1CN(Cc1ccccc1)CCC2)C(C)(C)C. The van der Waals surface area contributed by atoms with Gasteiger partial charge in [0.1, 0.15) is 17.7 Å². The maximum Gasteiger partial charge on any atom is 0.272 e. The summed E-state index contributed by atoms with van der Waals surface area (Å²) < 4.78 is 44.4. The summed E-state index contributed by atoms with van der Waals surface area (Å²) in [5, 5.41) is 5.36. The summed E-state index contributed by atoms with van der Waals surface area (Å²) in [6.07, 6.45) is 0.665. The standard InChI is InChI=1S/C28H32F3N5O2/c1-28(2,3)24(27(38)32-4)34-26(37)23-22-16-35(15-17-9-6-5-7-10-17)11-8-12-36(22)25(33-23)18-13-20(30)21(31)14-19(18)29/h5-7,9-10,13-14,24H,8,11-12,15-16H2,1-4H3,(H,32,38)(H,34,37). The summed E-state index contributed by atoms with van der Waals surface area (Å²) >= 11 is 0. The fourth-order valence-corrected chi connectivity index (χ4v) is 4.71. The molecule has 7 nitrogen and oxygen atoms in total. The van der Waals surface area contributed by atoms with Crippen molar-refractivity contribution in [2.75, 3.05) is 13.6 Å². The number of nitrogens with one attached hydrogen (secondary N) is 2. The third kappa shape index (κ3) is 5.75. The number of hydrogen-bond acceptors (Lipinski definition) is 4. The number of hydrogen-bond donors (Lipinski definition) is 2. The van der Waals surface area contributed by atoms with Crippen molar-refractivity contribution in [1.29, 1.82) is 0 Å². The molecule has 10 heteroatoms. The van der Waals surface area contributed by atoms with E-state index in [1.807, 2.05) is 51.1 Å². The molecule has 3 aromatic rings. The van der Waals surface area contributed by atoms with E-state index < -0.39 is 34.8 Å². The van der Waals surface area contributed by atoms with Gasteiger partial charge in [0.15, 0.2) is 17.3 Å². The number of halogens is 3. The van der Waals surface area contributed by atoms with Crippen LogP contribution in [0.3, 0.4) is 0 Å². The van der Waals surface area contributed by atoms with Crippen molar-refractivity contribution in [3.05, 3.63) is 76.9 Å². The Labute approximate surface area is 220 Å². The van der Waals surface area contributed by atoms with Crippen LogP contribution in [-0.2, 0) is 24.4 Å². The smallest absolute Gasteiger partial charge is 0.272 e. The molecular weight excluding hydrogens is 495 g/mol. The second kappa shape index (κ2) is 11.0. The van der Waals surface area contributed by atoms with Gasteiger partial charge in [-0.25, -0.2) is 18.2 Å². The Morgan fingerprint density at radius 2 is 1.71 bits per heavy atom. The number of likely N-dealkylation sites (N-methyl/N-ethyl adjacent to an activating group) is 1. The van der Waals surface area contributed by atoms with Crippen LogP contribution in [0.15, 0.2) is 42.5 Å². The Kier molecular flexibility index (Phi) is 7.91. The summed E-state index contributed by atoms with van der Waals surface area (Å²) in [6.45, 7) is 7.49. The van der Waals surface area contributed by atoms with Crippen molar-refractivity contribution in [2.24, 2.45) is 5.41 Å². The third-order valence-corrected chi connectivity index (χ3v) is 6.67. The van der Waals surface area contributed by atoms with Crippen LogP contribution in [0.25, 0.3) is 11.4 Å². The van der Waals surface area contributed by atoms with Gasteiger partial charge in [0.2, 0.25) is 5.91 Å². The van der Waals surface area contributed by atoms with E-state index in [9.17, 15) is 22.8 Å². The molecule has 1 atom stereocenters. The average molecular weight is 528 g/mol. The minimum Gasteiger partial charge on any atom is -0.357 e. The Bertz CT molecular complexity index is 1330. The highest BCUT2D eigenvalue weighted by molar-refractivity contribution is 5.97. The highest BCUT2D eigenvalue weighted by atomic mass is 19.2. The molecule has 1 aliphatic rings. The van der Waals surface area contributed by atoms with E-state index in [0.29, 0.717) is 44.4 Å². The minimum atomic E-state index is -1.31. The van der Waals surface area contributed by atoms with E-state index in [1.54, 1.807) is 4.57 Å². The van der Waals surface area contributed by atoms with Crippen molar-refractivity contribution in [3.8, 4) is 11.4 Å². The number of rotatable bonds is 6. The van der Waals surface area contributed by atoms with Crippen molar-refractivity contribution in [2.45, 2.75) is 52.9 Å². The molecule has 2 N–H and O–H groups in total. The summed E-state index contributed by atoms with van der Waals surface area (Å²) in [5.74, 6) is -4.43. The van der Waals surface area contributed by atoms with Gasteiger partial charge in [0.05, 0.1) is 11.3 Å². The van der Waals surface area contributed by atoms with Gasteiger partial charge in [-0.15, -0.1) is 0 Å². The number of imidazole rings is 1. The Balaban J connectivity index is 1.79. The van der Waals surface area contributed by atoms with E-state index in [0.717, 1.165) is 11.6 Å². The molecule has 0 saturated carbocycles. The molecule has 0 fully saturated rings. The van der Waals surface area contributed by atoms with Crippen LogP contribution in [0.2, 0.25) is 0 Å². The second-order valence-corrected chi connectivity index (χ2v) is 10.6. The summed E-state index contributed by atoms with van der Waals surface area (Å²) in [5.41, 5.74) is 0.771. The molecule has 2 aromatic carbocycles. The quantitative estimate of drug-likeness (QED) is 0.470. The lowest BCUT2D eigenvalue weighted by Crippen LogP contribution is -2.53. The predicted molar refractivity (Wildman–Crippen MR) is 137 cm³/mol. The normalized spacial score (nSPS) is 14.9. The zero-order valence-electron chi connectivity index (χ0n) is 21.9. The molecule has 0 bridgehead atoms. The maximum atomic E-state index is 14.9. The Morgan fingerprint density at radius 3 is 2.37 bits per heavy atom. The number of amides is 2. The van der Waals surface area contributed by atoms with E-state index >= 15 is 0 Å². The number of benzene rings is 2. The lowest BCUT2D eigenvalue weighted by Gasteiger charge is -2.29. The van der Waals surface area contributed by atoms with Crippen LogP contribution in [-0.4, -0.2) is 45.9 Å². The first-order valence-corrected chi connectivity index (χ1v) is 12.5. The fraction of sp³-hybridized carbons (Fsp3) is 0.393. The molecule has 0 saturated heterocycles. The highest BCUT2D eigenvalue weighted by Crippen LogP contribution is 2.30. The van der Waals surface area contributed by atoms with E-state index in [1.165, 1.54) is 7.05 Å². The monoisotopic (exact) mass is 527 g/mol. The van der Waals surface area contributed by atoms with Gasteiger partial charge in [-0.2, -0.15) is 0 Å². The van der Waals surface area contributed by atoms with Gasteiger partial charge in [-0.05, 0) is 23.5 Å². The van der Waals surface area contributed by atoms with Crippen molar-refractivity contribution in [3.63, 3.8) is 0 Å². The third-order valence-electron chi connectivity index (χ3n) is 6.67.